The van der Waals surface area contributed by atoms with Crippen LogP contribution in [0, 0.1) is 5.92 Å². The van der Waals surface area contributed by atoms with Crippen LogP contribution >= 0.6 is 0 Å². The van der Waals surface area contributed by atoms with Crippen LogP contribution in [0.3, 0.4) is 0 Å². The van der Waals surface area contributed by atoms with Gasteiger partial charge in [0.25, 0.3) is 0 Å². The van der Waals surface area contributed by atoms with Crippen LogP contribution < -0.4 is 21.2 Å². The van der Waals surface area contributed by atoms with Crippen molar-refractivity contribution in [3.8, 4) is 11.5 Å². The SMILES string of the molecule is CC(=O)NCCC1(c2ccc(Oc3ccccc3)cc2)C=C(C2CCCC2)N2NC=NC(N)=C21. The highest BCUT2D eigenvalue weighted by atomic mass is 16.5. The molecule has 34 heavy (non-hydrogen) atoms. The zero-order chi connectivity index (χ0) is 23.5. The van der Waals surface area contributed by atoms with Crippen molar-refractivity contribution in [2.45, 2.75) is 44.4 Å². The number of hydrogen-bond acceptors (Lipinski definition) is 6. The van der Waals surface area contributed by atoms with Crippen molar-refractivity contribution in [2.75, 3.05) is 6.54 Å². The van der Waals surface area contributed by atoms with Gasteiger partial charge < -0.3 is 15.8 Å². The number of aliphatic imine (C=N–C) groups is 1. The third-order valence-corrected chi connectivity index (χ3v) is 6.95. The largest absolute Gasteiger partial charge is 0.457 e. The molecule has 176 valence electrons. The summed E-state index contributed by atoms with van der Waals surface area (Å²) in [4.78, 5) is 16.1. The van der Waals surface area contributed by atoms with E-state index in [1.54, 1.807) is 13.3 Å². The van der Waals surface area contributed by atoms with Gasteiger partial charge in [-0.25, -0.2) is 4.99 Å². The quantitative estimate of drug-likeness (QED) is 0.576. The van der Waals surface area contributed by atoms with Gasteiger partial charge in [0.15, 0.2) is 0 Å². The predicted molar refractivity (Wildman–Crippen MR) is 133 cm³/mol. The van der Waals surface area contributed by atoms with Crippen molar-refractivity contribution in [1.29, 1.82) is 0 Å². The fraction of sp³-hybridized carbons (Fsp3) is 0.333. The highest BCUT2D eigenvalue weighted by Gasteiger charge is 2.48. The third-order valence-electron chi connectivity index (χ3n) is 6.95. The molecule has 1 amide bonds. The second-order valence-corrected chi connectivity index (χ2v) is 9.15. The van der Waals surface area contributed by atoms with E-state index in [0.29, 0.717) is 24.7 Å². The maximum Gasteiger partial charge on any atom is 0.216 e. The van der Waals surface area contributed by atoms with Gasteiger partial charge in [-0.05, 0) is 55.2 Å². The molecule has 5 rings (SSSR count). The fourth-order valence-corrected chi connectivity index (χ4v) is 5.37. The first-order chi connectivity index (χ1) is 16.6. The van der Waals surface area contributed by atoms with Gasteiger partial charge in [-0.1, -0.05) is 43.2 Å². The number of ether oxygens (including phenoxy) is 1. The van der Waals surface area contributed by atoms with Crippen molar-refractivity contribution < 1.29 is 9.53 Å². The van der Waals surface area contributed by atoms with Crippen LogP contribution in [0.2, 0.25) is 0 Å². The summed E-state index contributed by atoms with van der Waals surface area (Å²) in [5.41, 5.74) is 12.6. The second-order valence-electron chi connectivity index (χ2n) is 9.15. The minimum Gasteiger partial charge on any atom is -0.457 e. The molecular formula is C27H31N5O2. The highest BCUT2D eigenvalue weighted by molar-refractivity contribution is 5.72. The van der Waals surface area contributed by atoms with Gasteiger partial charge in [0.2, 0.25) is 5.91 Å². The Hall–Kier alpha value is -3.74. The monoisotopic (exact) mass is 457 g/mol. The molecule has 1 fully saturated rings. The molecular weight excluding hydrogens is 426 g/mol. The van der Waals surface area contributed by atoms with Gasteiger partial charge in [0.05, 0.1) is 11.1 Å². The Labute approximate surface area is 200 Å². The first-order valence-corrected chi connectivity index (χ1v) is 12.0. The van der Waals surface area contributed by atoms with Gasteiger partial charge in [0.1, 0.15) is 23.7 Å². The third kappa shape index (κ3) is 4.14. The van der Waals surface area contributed by atoms with Crippen molar-refractivity contribution >= 4 is 12.2 Å². The normalized spacial score (nSPS) is 21.8. The first-order valence-electron chi connectivity index (χ1n) is 12.0. The number of carbonyl (C=O) groups is 1. The number of nitrogens with two attached hydrogens (primary N) is 1. The Bertz CT molecular complexity index is 1130. The molecule has 4 N–H and O–H groups in total. The van der Waals surface area contributed by atoms with E-state index in [1.165, 1.54) is 31.4 Å². The lowest BCUT2D eigenvalue weighted by Crippen LogP contribution is -2.44. The first kappa shape index (κ1) is 22.1. The number of nitrogens with zero attached hydrogens (tertiary/aromatic N) is 2. The number of nitrogens with one attached hydrogen (secondary N) is 2. The Balaban J connectivity index is 1.55. The zero-order valence-corrected chi connectivity index (χ0v) is 19.5. The number of benzene rings is 2. The van der Waals surface area contributed by atoms with Crippen LogP contribution in [0.5, 0.6) is 11.5 Å². The molecule has 1 saturated carbocycles. The molecule has 0 saturated heterocycles. The number of hydrogen-bond donors (Lipinski definition) is 3. The van der Waals surface area contributed by atoms with Gasteiger partial charge in [-0.2, -0.15) is 0 Å². The Morgan fingerprint density at radius 1 is 1.15 bits per heavy atom. The van der Waals surface area contributed by atoms with E-state index in [0.717, 1.165) is 22.8 Å². The molecule has 2 aromatic rings. The molecule has 7 heteroatoms. The van der Waals surface area contributed by atoms with Gasteiger partial charge in [0, 0.05) is 25.1 Å². The molecule has 0 radical (unpaired) electrons. The molecule has 1 aliphatic carbocycles. The highest BCUT2D eigenvalue weighted by Crippen LogP contribution is 2.50. The molecule has 3 aliphatic rings. The maximum atomic E-state index is 11.7. The van der Waals surface area contributed by atoms with E-state index in [9.17, 15) is 4.79 Å². The summed E-state index contributed by atoms with van der Waals surface area (Å²) in [5.74, 6) is 2.49. The average molecular weight is 458 g/mol. The van der Waals surface area contributed by atoms with Crippen LogP contribution in [0.15, 0.2) is 82.9 Å². The summed E-state index contributed by atoms with van der Waals surface area (Å²) >= 11 is 0. The van der Waals surface area contributed by atoms with Crippen molar-refractivity contribution in [3.63, 3.8) is 0 Å². The standard InChI is InChI=1S/C27H31N5O2/c1-19(33)29-16-15-27(21-11-13-23(14-12-21)34-22-9-3-2-4-10-22)17-24(20-7-5-6-8-20)32-25(27)26(28)30-18-31-32/h2-4,9-14,17-18,20H,5-8,15-16,28H2,1H3,(H,29,33)(H,30,31). The van der Waals surface area contributed by atoms with Gasteiger partial charge in [-0.3, -0.25) is 15.2 Å². The zero-order valence-electron chi connectivity index (χ0n) is 19.5. The summed E-state index contributed by atoms with van der Waals surface area (Å²) < 4.78 is 6.02. The molecule has 0 spiro atoms. The van der Waals surface area contributed by atoms with E-state index < -0.39 is 5.41 Å². The van der Waals surface area contributed by atoms with E-state index >= 15 is 0 Å². The molecule has 0 bridgehead atoms. The van der Waals surface area contributed by atoms with Gasteiger partial charge >= 0.3 is 0 Å². The van der Waals surface area contributed by atoms with Crippen molar-refractivity contribution in [3.05, 3.63) is 83.5 Å². The molecule has 7 nitrogen and oxygen atoms in total. The molecule has 0 aromatic heterocycles. The molecule has 1 unspecified atom stereocenters. The van der Waals surface area contributed by atoms with Crippen LogP contribution in [-0.2, 0) is 10.2 Å². The number of rotatable bonds is 7. The number of carbonyl (C=O) groups excluding carboxylic acids is 1. The second kappa shape index (κ2) is 9.25. The average Bonchev–Trinajstić information content (AvgIpc) is 3.48. The van der Waals surface area contributed by atoms with Gasteiger partial charge in [-0.15, -0.1) is 0 Å². The van der Waals surface area contributed by atoms with Crippen LogP contribution in [0.25, 0.3) is 0 Å². The van der Waals surface area contributed by atoms with Crippen LogP contribution in [0.1, 0.15) is 44.6 Å². The van der Waals surface area contributed by atoms with E-state index in [1.807, 2.05) is 42.5 Å². The topological polar surface area (TPSA) is 92.0 Å². The number of amides is 1. The number of para-hydroxylation sites is 1. The smallest absolute Gasteiger partial charge is 0.216 e. The summed E-state index contributed by atoms with van der Waals surface area (Å²) in [6.07, 6.45) is 9.49. The predicted octanol–water partition coefficient (Wildman–Crippen LogP) is 4.31. The minimum absolute atomic E-state index is 0.0432. The lowest BCUT2D eigenvalue weighted by atomic mass is 9.75. The Morgan fingerprint density at radius 3 is 2.56 bits per heavy atom. The molecule has 2 aliphatic heterocycles. The maximum absolute atomic E-state index is 11.7. The molecule has 1 atom stereocenters. The lowest BCUT2D eigenvalue weighted by Gasteiger charge is -2.36. The lowest BCUT2D eigenvalue weighted by molar-refractivity contribution is -0.118. The molecule has 2 heterocycles. The van der Waals surface area contributed by atoms with Crippen molar-refractivity contribution in [1.82, 2.24) is 15.8 Å². The van der Waals surface area contributed by atoms with E-state index in [4.69, 9.17) is 10.5 Å². The Morgan fingerprint density at radius 2 is 1.85 bits per heavy atom. The van der Waals surface area contributed by atoms with Crippen LogP contribution in [-0.4, -0.2) is 23.8 Å². The number of fused-ring (bicyclic) bond motifs is 1. The van der Waals surface area contributed by atoms with E-state index in [-0.39, 0.29) is 5.91 Å². The summed E-state index contributed by atoms with van der Waals surface area (Å²) in [7, 11) is 0. The Kier molecular flexibility index (Phi) is 6.01. The number of allylic oxidation sites excluding steroid dienone is 2. The summed E-state index contributed by atoms with van der Waals surface area (Å²) in [6, 6.07) is 17.9. The molecule has 2 aromatic carbocycles. The summed E-state index contributed by atoms with van der Waals surface area (Å²) in [5, 5.41) is 5.10. The van der Waals surface area contributed by atoms with Crippen LogP contribution in [0.4, 0.5) is 0 Å². The van der Waals surface area contributed by atoms with Crippen molar-refractivity contribution in [2.24, 2.45) is 16.6 Å². The fourth-order valence-electron chi connectivity index (χ4n) is 5.37. The summed E-state index contributed by atoms with van der Waals surface area (Å²) in [6.45, 7) is 2.07. The minimum atomic E-state index is -0.513. The number of hydrazine groups is 1. The van der Waals surface area contributed by atoms with E-state index in [2.05, 4.69) is 39.0 Å².